The van der Waals surface area contributed by atoms with Gasteiger partial charge in [0.1, 0.15) is 6.67 Å². The van der Waals surface area contributed by atoms with E-state index in [2.05, 4.69) is 9.98 Å². The third-order valence-corrected chi connectivity index (χ3v) is 2.17. The first-order valence-electron chi connectivity index (χ1n) is 3.29. The number of hydrogen-bond donors (Lipinski definition) is 0. The van der Waals surface area contributed by atoms with E-state index in [9.17, 15) is 0 Å². The summed E-state index contributed by atoms with van der Waals surface area (Å²) in [6.45, 7) is 0.685. The lowest BCUT2D eigenvalue weighted by Crippen LogP contribution is -2.17. The van der Waals surface area contributed by atoms with E-state index in [4.69, 9.17) is 0 Å². The lowest BCUT2D eigenvalue weighted by atomic mass is 10.5. The molecule has 1 aromatic rings. The van der Waals surface area contributed by atoms with Gasteiger partial charge in [-0.05, 0) is 6.08 Å². The SMILES string of the molecule is C1=CN(c2nccs2)CN=C1. The Bertz CT molecular complexity index is 276. The van der Waals surface area contributed by atoms with Crippen LogP contribution in [0.4, 0.5) is 5.13 Å². The summed E-state index contributed by atoms with van der Waals surface area (Å²) in [4.78, 5) is 10.3. The second-order valence-corrected chi connectivity index (χ2v) is 2.97. The van der Waals surface area contributed by atoms with Crippen molar-refractivity contribution < 1.29 is 0 Å². The van der Waals surface area contributed by atoms with Gasteiger partial charge in [0, 0.05) is 24.0 Å². The first-order chi connectivity index (χ1) is 5.47. The van der Waals surface area contributed by atoms with Gasteiger partial charge in [-0.25, -0.2) is 4.98 Å². The molecule has 1 aliphatic rings. The molecule has 4 heteroatoms. The Morgan fingerprint density at radius 2 is 2.55 bits per heavy atom. The Balaban J connectivity index is 2.19. The number of aliphatic imine (C=N–C) groups is 1. The molecule has 0 saturated carbocycles. The molecule has 2 rings (SSSR count). The smallest absolute Gasteiger partial charge is 0.190 e. The summed E-state index contributed by atoms with van der Waals surface area (Å²) in [7, 11) is 0. The number of rotatable bonds is 1. The Labute approximate surface area is 68.7 Å². The minimum absolute atomic E-state index is 0.685. The van der Waals surface area contributed by atoms with Gasteiger partial charge in [0.05, 0.1) is 0 Å². The van der Waals surface area contributed by atoms with Gasteiger partial charge >= 0.3 is 0 Å². The second-order valence-electron chi connectivity index (χ2n) is 2.10. The molecule has 3 nitrogen and oxygen atoms in total. The van der Waals surface area contributed by atoms with Crippen LogP contribution in [0.3, 0.4) is 0 Å². The molecule has 0 radical (unpaired) electrons. The fourth-order valence-corrected chi connectivity index (χ4v) is 1.49. The average molecular weight is 165 g/mol. The molecule has 2 heterocycles. The standard InChI is InChI=1S/C7H7N3S/c1-2-8-6-10(4-1)7-9-3-5-11-7/h1-5H,6H2. The molecule has 0 atom stereocenters. The van der Waals surface area contributed by atoms with Crippen molar-refractivity contribution in [2.24, 2.45) is 4.99 Å². The summed E-state index contributed by atoms with van der Waals surface area (Å²) in [5.41, 5.74) is 0. The molecule has 0 unspecified atom stereocenters. The van der Waals surface area contributed by atoms with Crippen LogP contribution in [-0.2, 0) is 0 Å². The lowest BCUT2D eigenvalue weighted by molar-refractivity contribution is 0.961. The zero-order valence-electron chi connectivity index (χ0n) is 5.84. The van der Waals surface area contributed by atoms with E-state index < -0.39 is 0 Å². The van der Waals surface area contributed by atoms with Crippen LogP contribution in [-0.4, -0.2) is 17.9 Å². The van der Waals surface area contributed by atoms with E-state index >= 15 is 0 Å². The van der Waals surface area contributed by atoms with Crippen molar-refractivity contribution in [3.63, 3.8) is 0 Å². The van der Waals surface area contributed by atoms with Gasteiger partial charge in [-0.3, -0.25) is 4.99 Å². The highest BCUT2D eigenvalue weighted by molar-refractivity contribution is 7.13. The van der Waals surface area contributed by atoms with Crippen molar-refractivity contribution in [2.75, 3.05) is 11.6 Å². The monoisotopic (exact) mass is 165 g/mol. The van der Waals surface area contributed by atoms with Gasteiger partial charge in [-0.15, -0.1) is 11.3 Å². The Hall–Kier alpha value is -1.16. The minimum atomic E-state index is 0.685. The van der Waals surface area contributed by atoms with Crippen molar-refractivity contribution >= 4 is 22.7 Å². The summed E-state index contributed by atoms with van der Waals surface area (Å²) in [5, 5.41) is 2.96. The number of allylic oxidation sites excluding steroid dienone is 1. The van der Waals surface area contributed by atoms with Crippen LogP contribution in [0, 0.1) is 0 Å². The van der Waals surface area contributed by atoms with Crippen molar-refractivity contribution in [1.29, 1.82) is 0 Å². The summed E-state index contributed by atoms with van der Waals surface area (Å²) < 4.78 is 0. The van der Waals surface area contributed by atoms with Gasteiger partial charge < -0.3 is 4.90 Å². The van der Waals surface area contributed by atoms with E-state index in [1.807, 2.05) is 22.6 Å². The first-order valence-corrected chi connectivity index (χ1v) is 4.17. The van der Waals surface area contributed by atoms with Crippen molar-refractivity contribution in [3.05, 3.63) is 23.9 Å². The van der Waals surface area contributed by atoms with Crippen molar-refractivity contribution in [2.45, 2.75) is 0 Å². The van der Waals surface area contributed by atoms with Gasteiger partial charge in [0.2, 0.25) is 0 Å². The molecule has 0 bridgehead atoms. The fraction of sp³-hybridized carbons (Fsp3) is 0.143. The maximum atomic E-state index is 4.16. The normalized spacial score (nSPS) is 15.8. The zero-order chi connectivity index (χ0) is 7.52. The molecule has 1 aromatic heterocycles. The van der Waals surface area contributed by atoms with Gasteiger partial charge in [0.25, 0.3) is 0 Å². The second kappa shape index (κ2) is 2.84. The van der Waals surface area contributed by atoms with E-state index in [0.717, 1.165) is 5.13 Å². The molecule has 0 N–H and O–H groups in total. The Morgan fingerprint density at radius 1 is 1.55 bits per heavy atom. The summed E-state index contributed by atoms with van der Waals surface area (Å²) in [5.74, 6) is 0. The van der Waals surface area contributed by atoms with Crippen LogP contribution >= 0.6 is 11.3 Å². The molecule has 56 valence electrons. The molecule has 11 heavy (non-hydrogen) atoms. The first kappa shape index (κ1) is 6.54. The summed E-state index contributed by atoms with van der Waals surface area (Å²) in [6, 6.07) is 0. The third-order valence-electron chi connectivity index (χ3n) is 1.36. The van der Waals surface area contributed by atoms with Crippen molar-refractivity contribution in [3.8, 4) is 0 Å². The Kier molecular flexibility index (Phi) is 1.69. The highest BCUT2D eigenvalue weighted by Crippen LogP contribution is 2.17. The summed E-state index contributed by atoms with van der Waals surface area (Å²) >= 11 is 1.62. The topological polar surface area (TPSA) is 28.5 Å². The number of thiazole rings is 1. The molecule has 1 aliphatic heterocycles. The average Bonchev–Trinajstić information content (AvgIpc) is 2.58. The lowest BCUT2D eigenvalue weighted by Gasteiger charge is -2.15. The minimum Gasteiger partial charge on any atom is -0.304 e. The molecular formula is C7H7N3S. The quantitative estimate of drug-likeness (QED) is 0.631. The maximum absolute atomic E-state index is 4.16. The number of aromatic nitrogens is 1. The van der Waals surface area contributed by atoms with E-state index in [0.29, 0.717) is 6.67 Å². The van der Waals surface area contributed by atoms with Crippen LogP contribution in [0.2, 0.25) is 0 Å². The highest BCUT2D eigenvalue weighted by Gasteiger charge is 2.04. The molecule has 0 spiro atoms. The molecule has 0 fully saturated rings. The van der Waals surface area contributed by atoms with Crippen LogP contribution < -0.4 is 4.90 Å². The number of nitrogens with zero attached hydrogens (tertiary/aromatic N) is 3. The number of hydrogen-bond acceptors (Lipinski definition) is 4. The predicted octanol–water partition coefficient (Wildman–Crippen LogP) is 1.51. The van der Waals surface area contributed by atoms with Crippen LogP contribution in [0.25, 0.3) is 0 Å². The van der Waals surface area contributed by atoms with Crippen molar-refractivity contribution in [1.82, 2.24) is 4.98 Å². The van der Waals surface area contributed by atoms with Crippen LogP contribution in [0.1, 0.15) is 0 Å². The van der Waals surface area contributed by atoms with Crippen LogP contribution in [0.5, 0.6) is 0 Å². The van der Waals surface area contributed by atoms with E-state index in [1.165, 1.54) is 0 Å². The third kappa shape index (κ3) is 1.30. The van der Waals surface area contributed by atoms with Gasteiger partial charge in [-0.1, -0.05) is 0 Å². The fourth-order valence-electron chi connectivity index (χ4n) is 0.868. The van der Waals surface area contributed by atoms with E-state index in [1.54, 1.807) is 23.7 Å². The molecular weight excluding hydrogens is 158 g/mol. The number of anilines is 1. The Morgan fingerprint density at radius 3 is 3.18 bits per heavy atom. The molecule has 0 aliphatic carbocycles. The largest absolute Gasteiger partial charge is 0.304 e. The zero-order valence-corrected chi connectivity index (χ0v) is 6.66. The summed E-state index contributed by atoms with van der Waals surface area (Å²) in [6.07, 6.45) is 7.48. The van der Waals surface area contributed by atoms with E-state index in [-0.39, 0.29) is 0 Å². The molecule has 0 amide bonds. The predicted molar refractivity (Wildman–Crippen MR) is 47.1 cm³/mol. The molecule has 0 aromatic carbocycles. The van der Waals surface area contributed by atoms with Gasteiger partial charge in [-0.2, -0.15) is 0 Å². The van der Waals surface area contributed by atoms with Crippen LogP contribution in [0.15, 0.2) is 28.8 Å². The maximum Gasteiger partial charge on any atom is 0.190 e. The highest BCUT2D eigenvalue weighted by atomic mass is 32.1. The molecule has 0 saturated heterocycles. The van der Waals surface area contributed by atoms with Gasteiger partial charge in [0.15, 0.2) is 5.13 Å².